The Hall–Kier alpha value is -3.44. The third-order valence-corrected chi connectivity index (χ3v) is 6.25. The van der Waals surface area contributed by atoms with Crippen LogP contribution in [-0.4, -0.2) is 20.7 Å². The topological polar surface area (TPSA) is 52.0 Å². The van der Waals surface area contributed by atoms with E-state index in [1.54, 1.807) is 0 Å². The summed E-state index contributed by atoms with van der Waals surface area (Å²) in [5, 5.41) is 4.50. The van der Waals surface area contributed by atoms with E-state index in [1.807, 2.05) is 103 Å². The fraction of sp³-hybridized carbons (Fsp3) is 0.148. The van der Waals surface area contributed by atoms with Crippen molar-refractivity contribution in [2.24, 2.45) is 0 Å². The highest BCUT2D eigenvalue weighted by Gasteiger charge is 2.26. The first-order valence-corrected chi connectivity index (χ1v) is 11.4. The predicted octanol–water partition coefficient (Wildman–Crippen LogP) is 6.44. The minimum atomic E-state index is -0.339. The van der Waals surface area contributed by atoms with E-state index < -0.39 is 0 Å². The van der Waals surface area contributed by atoms with Crippen molar-refractivity contribution >= 4 is 22.7 Å². The Labute approximate surface area is 192 Å². The van der Waals surface area contributed by atoms with Gasteiger partial charge in [0, 0.05) is 41.5 Å². The van der Waals surface area contributed by atoms with E-state index in [9.17, 15) is 9.59 Å². The number of nitrogens with zero attached hydrogens (tertiary/aromatic N) is 2. The molecule has 1 atom stereocenters. The highest BCUT2D eigenvalue weighted by Crippen LogP contribution is 2.39. The van der Waals surface area contributed by atoms with Gasteiger partial charge >= 0.3 is 0 Å². The first kappa shape index (κ1) is 21.8. The molecule has 0 fully saturated rings. The van der Waals surface area contributed by atoms with Gasteiger partial charge in [0.05, 0.1) is 11.4 Å². The molecule has 5 heteroatoms. The first-order chi connectivity index (χ1) is 15.5. The third kappa shape index (κ3) is 5.06. The van der Waals surface area contributed by atoms with Crippen LogP contribution in [0.2, 0.25) is 0 Å². The van der Waals surface area contributed by atoms with Crippen LogP contribution in [0.15, 0.2) is 91.1 Å². The highest BCUT2D eigenvalue weighted by atomic mass is 32.2. The van der Waals surface area contributed by atoms with Crippen LogP contribution in [0.25, 0.3) is 16.9 Å². The summed E-state index contributed by atoms with van der Waals surface area (Å²) in [6, 6.07) is 27.2. The molecule has 0 bridgehead atoms. The average Bonchev–Trinajstić information content (AvgIpc) is 3.25. The number of rotatable bonds is 7. The van der Waals surface area contributed by atoms with E-state index in [1.165, 1.54) is 18.7 Å². The summed E-state index contributed by atoms with van der Waals surface area (Å²) in [4.78, 5) is 25.2. The van der Waals surface area contributed by atoms with Crippen molar-refractivity contribution in [1.82, 2.24) is 9.78 Å². The minimum absolute atomic E-state index is 0.00617. The van der Waals surface area contributed by atoms with E-state index >= 15 is 0 Å². The third-order valence-electron chi connectivity index (χ3n) is 5.21. The van der Waals surface area contributed by atoms with Crippen molar-refractivity contribution in [2.75, 3.05) is 0 Å². The normalized spacial score (nSPS) is 11.8. The average molecular weight is 441 g/mol. The SMILES string of the molecule is CC(=O)SC(CC(=O)c1ccccc1)c1cn(-c2ccccc2)nc1-c1ccc(C)cc1. The zero-order valence-corrected chi connectivity index (χ0v) is 18.9. The summed E-state index contributed by atoms with van der Waals surface area (Å²) in [5.41, 5.74) is 5.35. The van der Waals surface area contributed by atoms with Crippen LogP contribution >= 0.6 is 11.8 Å². The molecule has 0 aliphatic heterocycles. The summed E-state index contributed by atoms with van der Waals surface area (Å²) in [7, 11) is 0. The Kier molecular flexibility index (Phi) is 6.66. The van der Waals surface area contributed by atoms with Crippen LogP contribution in [0.4, 0.5) is 0 Å². The van der Waals surface area contributed by atoms with Crippen LogP contribution in [0.1, 0.15) is 40.1 Å². The van der Waals surface area contributed by atoms with Crippen LogP contribution in [0.5, 0.6) is 0 Å². The Morgan fingerprint density at radius 1 is 0.906 bits per heavy atom. The molecule has 4 rings (SSSR count). The molecule has 0 radical (unpaired) electrons. The molecular formula is C27H24N2O2S. The fourth-order valence-electron chi connectivity index (χ4n) is 3.60. The number of Topliss-reactive ketones (excluding diaryl/α,β-unsaturated/α-hetero) is 1. The van der Waals surface area contributed by atoms with Crippen LogP contribution in [0, 0.1) is 6.92 Å². The summed E-state index contributed by atoms with van der Waals surface area (Å²) >= 11 is 1.18. The fourth-order valence-corrected chi connectivity index (χ4v) is 4.53. The maximum absolute atomic E-state index is 13.0. The number of ketones is 1. The summed E-state index contributed by atoms with van der Waals surface area (Å²) in [6.45, 7) is 3.58. The number of hydrogen-bond donors (Lipinski definition) is 0. The second-order valence-electron chi connectivity index (χ2n) is 7.67. The molecule has 0 saturated carbocycles. The molecular weight excluding hydrogens is 416 g/mol. The first-order valence-electron chi connectivity index (χ1n) is 10.5. The van der Waals surface area contributed by atoms with Crippen molar-refractivity contribution < 1.29 is 9.59 Å². The lowest BCUT2D eigenvalue weighted by atomic mass is 9.99. The van der Waals surface area contributed by atoms with Gasteiger partial charge in [0.1, 0.15) is 0 Å². The number of carbonyl (C=O) groups is 2. The zero-order valence-electron chi connectivity index (χ0n) is 18.1. The smallest absolute Gasteiger partial charge is 0.186 e. The Morgan fingerprint density at radius 3 is 2.16 bits per heavy atom. The molecule has 4 aromatic rings. The number of thioether (sulfide) groups is 1. The van der Waals surface area contributed by atoms with E-state index in [0.717, 1.165) is 28.1 Å². The molecule has 0 N–H and O–H groups in total. The van der Waals surface area contributed by atoms with Crippen molar-refractivity contribution in [3.63, 3.8) is 0 Å². The van der Waals surface area contributed by atoms with Gasteiger partial charge in [0.2, 0.25) is 0 Å². The highest BCUT2D eigenvalue weighted by molar-refractivity contribution is 8.13. The molecule has 3 aromatic carbocycles. The van der Waals surface area contributed by atoms with Crippen LogP contribution < -0.4 is 0 Å². The van der Waals surface area contributed by atoms with Gasteiger partial charge in [0.25, 0.3) is 0 Å². The molecule has 0 amide bonds. The lowest BCUT2D eigenvalue weighted by Gasteiger charge is -2.15. The van der Waals surface area contributed by atoms with Crippen molar-refractivity contribution in [2.45, 2.75) is 25.5 Å². The second-order valence-corrected chi connectivity index (χ2v) is 9.05. The van der Waals surface area contributed by atoms with Crippen LogP contribution in [-0.2, 0) is 4.79 Å². The minimum Gasteiger partial charge on any atom is -0.294 e. The van der Waals surface area contributed by atoms with Gasteiger partial charge in [-0.2, -0.15) is 5.10 Å². The van der Waals surface area contributed by atoms with Gasteiger partial charge < -0.3 is 0 Å². The molecule has 0 aliphatic rings. The summed E-state index contributed by atoms with van der Waals surface area (Å²) in [5.74, 6) is 0.00617. The predicted molar refractivity (Wildman–Crippen MR) is 130 cm³/mol. The van der Waals surface area contributed by atoms with Gasteiger partial charge in [-0.3, -0.25) is 9.59 Å². The molecule has 1 heterocycles. The standard InChI is InChI=1S/C27H24N2O2S/c1-19-13-15-22(16-14-19)27-24(18-29(28-27)23-11-7-4-8-12-23)26(32-20(2)30)17-25(31)21-9-5-3-6-10-21/h3-16,18,26H,17H2,1-2H3. The van der Waals surface area contributed by atoms with Crippen molar-refractivity contribution in [3.05, 3.63) is 108 Å². The quantitative estimate of drug-likeness (QED) is 0.310. The van der Waals surface area contributed by atoms with E-state index in [0.29, 0.717) is 5.56 Å². The number of carbonyl (C=O) groups excluding carboxylic acids is 2. The number of benzene rings is 3. The summed E-state index contributed by atoms with van der Waals surface area (Å²) in [6.07, 6.45) is 2.16. The lowest BCUT2D eigenvalue weighted by molar-refractivity contribution is -0.109. The van der Waals surface area contributed by atoms with Crippen molar-refractivity contribution in [3.8, 4) is 16.9 Å². The van der Waals surface area contributed by atoms with E-state index in [4.69, 9.17) is 5.10 Å². The second kappa shape index (κ2) is 9.79. The Morgan fingerprint density at radius 2 is 1.53 bits per heavy atom. The number of hydrogen-bond acceptors (Lipinski definition) is 4. The lowest BCUT2D eigenvalue weighted by Crippen LogP contribution is -2.07. The van der Waals surface area contributed by atoms with Gasteiger partial charge in [-0.1, -0.05) is 90.1 Å². The monoisotopic (exact) mass is 440 g/mol. The molecule has 0 spiro atoms. The largest absolute Gasteiger partial charge is 0.294 e. The molecule has 160 valence electrons. The number of aromatic nitrogens is 2. The number of para-hydroxylation sites is 1. The van der Waals surface area contributed by atoms with Crippen molar-refractivity contribution in [1.29, 1.82) is 0 Å². The van der Waals surface area contributed by atoms with E-state index in [2.05, 4.69) is 0 Å². The van der Waals surface area contributed by atoms with Gasteiger partial charge in [0.15, 0.2) is 10.9 Å². The van der Waals surface area contributed by atoms with Crippen LogP contribution in [0.3, 0.4) is 0 Å². The molecule has 1 aromatic heterocycles. The summed E-state index contributed by atoms with van der Waals surface area (Å²) < 4.78 is 1.82. The number of aryl methyl sites for hydroxylation is 1. The molecule has 32 heavy (non-hydrogen) atoms. The molecule has 4 nitrogen and oxygen atoms in total. The maximum Gasteiger partial charge on any atom is 0.186 e. The maximum atomic E-state index is 13.0. The Balaban J connectivity index is 1.79. The van der Waals surface area contributed by atoms with Gasteiger partial charge in [-0.05, 0) is 19.1 Å². The van der Waals surface area contributed by atoms with Gasteiger partial charge in [-0.25, -0.2) is 4.68 Å². The zero-order chi connectivity index (χ0) is 22.5. The van der Waals surface area contributed by atoms with E-state index in [-0.39, 0.29) is 22.6 Å². The molecule has 1 unspecified atom stereocenters. The molecule has 0 aliphatic carbocycles. The van der Waals surface area contributed by atoms with Gasteiger partial charge in [-0.15, -0.1) is 0 Å². The Bertz CT molecular complexity index is 1220. The molecule has 0 saturated heterocycles.